The van der Waals surface area contributed by atoms with Crippen molar-refractivity contribution in [1.29, 1.82) is 0 Å². The van der Waals surface area contributed by atoms with Gasteiger partial charge >= 0.3 is 125 Å². The first-order valence-electron chi connectivity index (χ1n) is 6.71. The molecular formula is C18H17BiO. The van der Waals surface area contributed by atoms with Crippen molar-refractivity contribution in [2.24, 2.45) is 0 Å². The van der Waals surface area contributed by atoms with Crippen molar-refractivity contribution in [2.45, 2.75) is 0 Å². The first kappa shape index (κ1) is 13.5. The molecule has 3 aromatic rings. The summed E-state index contributed by atoms with van der Waals surface area (Å²) >= 11 is -3.93. The Morgan fingerprint density at radius 1 is 0.450 bits per heavy atom. The van der Waals surface area contributed by atoms with Gasteiger partial charge in [0.15, 0.2) is 0 Å². The summed E-state index contributed by atoms with van der Waals surface area (Å²) in [6.07, 6.45) is 0. The molecule has 1 N–H and O–H groups in total. The molecule has 0 aromatic heterocycles. The molecule has 100 valence electrons. The SMILES string of the molecule is [OH][BiH]([c]1ccccc1)([c]1ccccc1)[c]1ccccc1. The van der Waals surface area contributed by atoms with Gasteiger partial charge in [0.25, 0.3) is 0 Å². The Kier molecular flexibility index (Phi) is 3.96. The molecule has 1 nitrogen and oxygen atoms in total. The first-order chi connectivity index (χ1) is 9.82. The van der Waals surface area contributed by atoms with E-state index in [2.05, 4.69) is 36.4 Å². The molecule has 0 fully saturated rings. The van der Waals surface area contributed by atoms with Crippen LogP contribution in [0.2, 0.25) is 0 Å². The maximum absolute atomic E-state index is 11.6. The zero-order chi connectivity index (χ0) is 13.8. The number of hydrogen-bond donors (Lipinski definition) is 1. The molecule has 3 rings (SSSR count). The van der Waals surface area contributed by atoms with Crippen LogP contribution in [0.4, 0.5) is 0 Å². The van der Waals surface area contributed by atoms with E-state index < -0.39 is 20.7 Å². The zero-order valence-corrected chi connectivity index (χ0v) is 15.0. The number of rotatable bonds is 3. The fraction of sp³-hybridized carbons (Fsp3) is 0. The third-order valence-corrected chi connectivity index (χ3v) is 17.2. The molecule has 2 heteroatoms. The summed E-state index contributed by atoms with van der Waals surface area (Å²) in [4.78, 5) is 0. The Morgan fingerprint density at radius 3 is 0.950 bits per heavy atom. The van der Waals surface area contributed by atoms with Crippen LogP contribution in [-0.2, 0) is 0 Å². The molecule has 0 amide bonds. The van der Waals surface area contributed by atoms with Gasteiger partial charge in [0.1, 0.15) is 0 Å². The van der Waals surface area contributed by atoms with Gasteiger partial charge in [-0.1, -0.05) is 0 Å². The van der Waals surface area contributed by atoms with Gasteiger partial charge in [0.05, 0.1) is 0 Å². The van der Waals surface area contributed by atoms with Gasteiger partial charge in [-0.3, -0.25) is 0 Å². The fourth-order valence-corrected chi connectivity index (χ4v) is 14.3. The van der Waals surface area contributed by atoms with E-state index in [1.807, 2.05) is 54.6 Å². The average Bonchev–Trinajstić information content (AvgIpc) is 2.56. The Morgan fingerprint density at radius 2 is 0.700 bits per heavy atom. The van der Waals surface area contributed by atoms with Crippen LogP contribution in [0.15, 0.2) is 91.0 Å². The summed E-state index contributed by atoms with van der Waals surface area (Å²) in [7, 11) is 0. The Labute approximate surface area is 124 Å². The van der Waals surface area contributed by atoms with Crippen molar-refractivity contribution in [3.8, 4) is 0 Å². The van der Waals surface area contributed by atoms with E-state index in [0.717, 1.165) is 9.81 Å². The van der Waals surface area contributed by atoms with E-state index in [4.69, 9.17) is 0 Å². The van der Waals surface area contributed by atoms with Crippen LogP contribution in [0.25, 0.3) is 0 Å². The first-order valence-corrected chi connectivity index (χ1v) is 14.3. The third-order valence-electron chi connectivity index (χ3n) is 3.57. The van der Waals surface area contributed by atoms with Gasteiger partial charge in [-0.25, -0.2) is 0 Å². The van der Waals surface area contributed by atoms with Gasteiger partial charge in [0.2, 0.25) is 0 Å². The average molecular weight is 458 g/mol. The topological polar surface area (TPSA) is 20.2 Å². The molecule has 0 atom stereocenters. The summed E-state index contributed by atoms with van der Waals surface area (Å²) in [6.45, 7) is 0. The van der Waals surface area contributed by atoms with E-state index in [-0.39, 0.29) is 0 Å². The van der Waals surface area contributed by atoms with Gasteiger partial charge in [0, 0.05) is 0 Å². The van der Waals surface area contributed by atoms with Gasteiger partial charge in [-0.2, -0.15) is 0 Å². The van der Waals surface area contributed by atoms with Crippen LogP contribution in [0.5, 0.6) is 0 Å². The van der Waals surface area contributed by atoms with Crippen LogP contribution < -0.4 is 9.81 Å². The number of hydrogen-bond acceptors (Lipinski definition) is 1. The fourth-order valence-electron chi connectivity index (χ4n) is 2.54. The summed E-state index contributed by atoms with van der Waals surface area (Å²) in [5.41, 5.74) is 0. The Bertz CT molecular complexity index is 569. The van der Waals surface area contributed by atoms with E-state index in [1.165, 1.54) is 0 Å². The number of benzene rings is 3. The summed E-state index contributed by atoms with van der Waals surface area (Å²) < 4.78 is 14.9. The molecule has 0 unspecified atom stereocenters. The quantitative estimate of drug-likeness (QED) is 0.589. The predicted molar refractivity (Wildman–Crippen MR) is 87.6 cm³/mol. The van der Waals surface area contributed by atoms with Crippen molar-refractivity contribution >= 4 is 30.5 Å². The van der Waals surface area contributed by atoms with E-state index >= 15 is 0 Å². The molecular weight excluding hydrogens is 441 g/mol. The molecule has 0 saturated carbocycles. The minimum absolute atomic E-state index is 1.09. The summed E-state index contributed by atoms with van der Waals surface area (Å²) in [5.74, 6) is 0. The molecule has 0 aliphatic rings. The van der Waals surface area contributed by atoms with E-state index in [0.29, 0.717) is 0 Å². The second-order valence-corrected chi connectivity index (χ2v) is 17.1. The third kappa shape index (κ3) is 2.42. The van der Waals surface area contributed by atoms with Crippen LogP contribution in [0.3, 0.4) is 0 Å². The second kappa shape index (κ2) is 5.87. The normalized spacial score (nSPS) is 12.1. The summed E-state index contributed by atoms with van der Waals surface area (Å²) in [6, 6.07) is 30.4. The van der Waals surface area contributed by atoms with Gasteiger partial charge in [-0.05, 0) is 0 Å². The molecule has 0 saturated heterocycles. The van der Waals surface area contributed by atoms with Gasteiger partial charge < -0.3 is 0 Å². The van der Waals surface area contributed by atoms with Crippen molar-refractivity contribution in [3.05, 3.63) is 91.0 Å². The van der Waals surface area contributed by atoms with Crippen LogP contribution in [-0.4, -0.2) is 23.9 Å². The molecule has 0 bridgehead atoms. The Hall–Kier alpha value is -1.50. The molecule has 0 aliphatic heterocycles. The molecule has 20 heavy (non-hydrogen) atoms. The zero-order valence-electron chi connectivity index (χ0n) is 11.1. The van der Waals surface area contributed by atoms with E-state index in [1.54, 1.807) is 0 Å². The predicted octanol–water partition coefficient (Wildman–Crippen LogP) is 1.38. The molecule has 0 aliphatic carbocycles. The molecule has 0 heterocycles. The van der Waals surface area contributed by atoms with Crippen molar-refractivity contribution < 1.29 is 3.18 Å². The molecule has 0 spiro atoms. The Balaban J connectivity index is 2.24. The monoisotopic (exact) mass is 458 g/mol. The maximum atomic E-state index is 11.6. The van der Waals surface area contributed by atoms with Crippen LogP contribution in [0.1, 0.15) is 0 Å². The summed E-state index contributed by atoms with van der Waals surface area (Å²) in [5, 5.41) is 0. The molecule has 0 radical (unpaired) electrons. The molecule has 3 aromatic carbocycles. The van der Waals surface area contributed by atoms with Crippen LogP contribution >= 0.6 is 0 Å². The van der Waals surface area contributed by atoms with Crippen molar-refractivity contribution in [3.63, 3.8) is 0 Å². The standard InChI is InChI=1S/3C6H5.Bi.H2O.H/c3*1-2-4-6-5-3-1;;;/h3*1-5H;;1H2;/q;;;+1;;/p-1. The van der Waals surface area contributed by atoms with E-state index in [9.17, 15) is 3.18 Å². The van der Waals surface area contributed by atoms with Crippen molar-refractivity contribution in [2.75, 3.05) is 0 Å². The van der Waals surface area contributed by atoms with Crippen molar-refractivity contribution in [1.82, 2.24) is 0 Å². The minimum atomic E-state index is -3.93. The second-order valence-electron chi connectivity index (χ2n) is 4.81. The van der Waals surface area contributed by atoms with Crippen LogP contribution in [0, 0.1) is 0 Å². The van der Waals surface area contributed by atoms with Gasteiger partial charge in [-0.15, -0.1) is 0 Å².